The van der Waals surface area contributed by atoms with E-state index in [0.29, 0.717) is 11.3 Å². The Morgan fingerprint density at radius 1 is 1.04 bits per heavy atom. The highest BCUT2D eigenvalue weighted by Gasteiger charge is 2.40. The van der Waals surface area contributed by atoms with Gasteiger partial charge in [0, 0.05) is 7.11 Å². The van der Waals surface area contributed by atoms with E-state index in [-0.39, 0.29) is 28.6 Å². The van der Waals surface area contributed by atoms with Crippen molar-refractivity contribution in [1.29, 1.82) is 0 Å². The average molecular weight is 346 g/mol. The van der Waals surface area contributed by atoms with Crippen LogP contribution < -0.4 is 9.47 Å². The Bertz CT molecular complexity index is 756. The van der Waals surface area contributed by atoms with Crippen molar-refractivity contribution in [3.8, 4) is 23.0 Å². The minimum Gasteiger partial charge on any atom is -0.507 e. The first kappa shape index (κ1) is 18.6. The summed E-state index contributed by atoms with van der Waals surface area (Å²) in [5, 5.41) is 19.8. The first-order chi connectivity index (χ1) is 12.1. The molecule has 0 aliphatic carbocycles. The molecule has 3 rings (SSSR count). The summed E-state index contributed by atoms with van der Waals surface area (Å²) >= 11 is 0. The maximum Gasteiger partial charge on any atom is 0.203 e. The highest BCUT2D eigenvalue weighted by Crippen LogP contribution is 2.41. The lowest BCUT2D eigenvalue weighted by atomic mass is 9.92. The fourth-order valence-electron chi connectivity index (χ4n) is 2.70. The number of hydrogen-bond acceptors (Lipinski definition) is 6. The summed E-state index contributed by atoms with van der Waals surface area (Å²) in [5.41, 5.74) is 0.672. The minimum absolute atomic E-state index is 0.0578. The van der Waals surface area contributed by atoms with Gasteiger partial charge < -0.3 is 24.4 Å². The first-order valence-electron chi connectivity index (χ1n) is 7.99. The summed E-state index contributed by atoms with van der Waals surface area (Å²) in [6.07, 6.45) is -1.66. The standard InChI is InChI=1S/C17H16O6.C2H6/c1-21-12-7-6-9(8-11(12)19)16-17(22-2)15(20)14-10(18)4-3-5-13(14)23-16;1-2/h3-8,16-19H,1-2H3;1-2H3. The largest absolute Gasteiger partial charge is 0.507 e. The lowest BCUT2D eigenvalue weighted by Crippen LogP contribution is -2.37. The maximum absolute atomic E-state index is 12.6. The summed E-state index contributed by atoms with van der Waals surface area (Å²) in [5.74, 6) is 0.0295. The van der Waals surface area contributed by atoms with Crippen LogP contribution in [0.4, 0.5) is 0 Å². The fraction of sp³-hybridized carbons (Fsp3) is 0.316. The summed E-state index contributed by atoms with van der Waals surface area (Å²) in [6.45, 7) is 4.00. The van der Waals surface area contributed by atoms with Crippen LogP contribution in [0.15, 0.2) is 36.4 Å². The molecular formula is C19H22O6. The molecule has 2 N–H and O–H groups in total. The smallest absolute Gasteiger partial charge is 0.203 e. The van der Waals surface area contributed by atoms with Crippen molar-refractivity contribution in [3.63, 3.8) is 0 Å². The fourth-order valence-corrected chi connectivity index (χ4v) is 2.70. The van der Waals surface area contributed by atoms with Crippen molar-refractivity contribution in [3.05, 3.63) is 47.5 Å². The Kier molecular flexibility index (Phi) is 5.88. The summed E-state index contributed by atoms with van der Waals surface area (Å²) in [6, 6.07) is 9.37. The number of phenols is 2. The Morgan fingerprint density at radius 3 is 2.36 bits per heavy atom. The Labute approximate surface area is 146 Å². The molecule has 25 heavy (non-hydrogen) atoms. The molecule has 1 heterocycles. The maximum atomic E-state index is 12.6. The molecule has 6 nitrogen and oxygen atoms in total. The topological polar surface area (TPSA) is 85.2 Å². The van der Waals surface area contributed by atoms with E-state index < -0.39 is 12.2 Å². The Balaban J connectivity index is 0.00000109. The molecule has 1 aliphatic rings. The molecule has 2 aromatic carbocycles. The van der Waals surface area contributed by atoms with Crippen LogP contribution in [0.5, 0.6) is 23.0 Å². The number of aromatic hydroxyl groups is 2. The molecule has 0 saturated carbocycles. The third kappa shape index (κ3) is 3.39. The van der Waals surface area contributed by atoms with Gasteiger partial charge in [0.05, 0.1) is 7.11 Å². The number of phenolic OH excluding ortho intramolecular Hbond substituents is 2. The molecule has 0 spiro atoms. The molecule has 2 aromatic rings. The number of methoxy groups -OCH3 is 2. The summed E-state index contributed by atoms with van der Waals surface area (Å²) < 4.78 is 16.1. The van der Waals surface area contributed by atoms with Crippen LogP contribution in [0.2, 0.25) is 0 Å². The molecule has 2 atom stereocenters. The van der Waals surface area contributed by atoms with Gasteiger partial charge in [0.2, 0.25) is 5.78 Å². The van der Waals surface area contributed by atoms with E-state index in [2.05, 4.69) is 0 Å². The lowest BCUT2D eigenvalue weighted by molar-refractivity contribution is -0.00107. The monoisotopic (exact) mass is 346 g/mol. The molecule has 2 unspecified atom stereocenters. The number of carbonyl (C=O) groups excluding carboxylic acids is 1. The zero-order valence-corrected chi connectivity index (χ0v) is 14.6. The van der Waals surface area contributed by atoms with Crippen molar-refractivity contribution in [2.75, 3.05) is 14.2 Å². The van der Waals surface area contributed by atoms with Gasteiger partial charge in [0.1, 0.15) is 17.1 Å². The van der Waals surface area contributed by atoms with E-state index in [9.17, 15) is 15.0 Å². The van der Waals surface area contributed by atoms with Crippen LogP contribution in [-0.4, -0.2) is 36.3 Å². The van der Waals surface area contributed by atoms with Crippen LogP contribution in [-0.2, 0) is 4.74 Å². The van der Waals surface area contributed by atoms with E-state index >= 15 is 0 Å². The van der Waals surface area contributed by atoms with Crippen LogP contribution in [0.3, 0.4) is 0 Å². The van der Waals surface area contributed by atoms with Crippen LogP contribution in [0, 0.1) is 0 Å². The van der Waals surface area contributed by atoms with Crippen molar-refractivity contribution in [1.82, 2.24) is 0 Å². The molecule has 6 heteroatoms. The van der Waals surface area contributed by atoms with Gasteiger partial charge in [0.25, 0.3) is 0 Å². The van der Waals surface area contributed by atoms with Crippen molar-refractivity contribution >= 4 is 5.78 Å². The normalized spacial score (nSPS) is 18.5. The zero-order valence-electron chi connectivity index (χ0n) is 14.6. The molecule has 0 fully saturated rings. The van der Waals surface area contributed by atoms with Gasteiger partial charge >= 0.3 is 0 Å². The zero-order chi connectivity index (χ0) is 18.6. The molecule has 0 saturated heterocycles. The third-order valence-corrected chi connectivity index (χ3v) is 3.82. The van der Waals surface area contributed by atoms with Gasteiger partial charge in [-0.2, -0.15) is 0 Å². The van der Waals surface area contributed by atoms with Gasteiger partial charge in [-0.15, -0.1) is 0 Å². The van der Waals surface area contributed by atoms with Gasteiger partial charge in [0.15, 0.2) is 23.7 Å². The quantitative estimate of drug-likeness (QED) is 0.885. The summed E-state index contributed by atoms with van der Waals surface area (Å²) in [4.78, 5) is 12.6. The number of rotatable bonds is 3. The lowest BCUT2D eigenvalue weighted by Gasteiger charge is -2.32. The number of benzene rings is 2. The number of fused-ring (bicyclic) bond motifs is 1. The number of carbonyl (C=O) groups is 1. The predicted molar refractivity (Wildman–Crippen MR) is 92.6 cm³/mol. The van der Waals surface area contributed by atoms with Crippen molar-refractivity contribution in [2.45, 2.75) is 26.1 Å². The number of ketones is 1. The van der Waals surface area contributed by atoms with Gasteiger partial charge in [-0.1, -0.05) is 26.0 Å². The minimum atomic E-state index is -0.927. The van der Waals surface area contributed by atoms with Crippen LogP contribution >= 0.6 is 0 Å². The molecule has 0 aromatic heterocycles. The van der Waals surface area contributed by atoms with Gasteiger partial charge in [-0.3, -0.25) is 4.79 Å². The van der Waals surface area contributed by atoms with E-state index in [4.69, 9.17) is 14.2 Å². The summed E-state index contributed by atoms with van der Waals surface area (Å²) in [7, 11) is 2.85. The molecule has 0 radical (unpaired) electrons. The second kappa shape index (κ2) is 7.90. The first-order valence-corrected chi connectivity index (χ1v) is 7.99. The molecular weight excluding hydrogens is 324 g/mol. The van der Waals surface area contributed by atoms with Crippen molar-refractivity contribution < 1.29 is 29.2 Å². The predicted octanol–water partition coefficient (Wildman–Crippen LogP) is 3.46. The Morgan fingerprint density at radius 2 is 1.76 bits per heavy atom. The van der Waals surface area contributed by atoms with E-state index in [1.807, 2.05) is 13.8 Å². The van der Waals surface area contributed by atoms with Gasteiger partial charge in [-0.05, 0) is 29.8 Å². The van der Waals surface area contributed by atoms with Gasteiger partial charge in [-0.25, -0.2) is 0 Å². The second-order valence-corrected chi connectivity index (χ2v) is 5.14. The number of ether oxygens (including phenoxy) is 3. The second-order valence-electron chi connectivity index (χ2n) is 5.14. The third-order valence-electron chi connectivity index (χ3n) is 3.82. The Hall–Kier alpha value is -2.73. The van der Waals surface area contributed by atoms with E-state index in [1.54, 1.807) is 24.3 Å². The van der Waals surface area contributed by atoms with Crippen LogP contribution in [0.1, 0.15) is 35.9 Å². The number of hydrogen-bond donors (Lipinski definition) is 2. The average Bonchev–Trinajstić information content (AvgIpc) is 2.63. The highest BCUT2D eigenvalue weighted by atomic mass is 16.5. The molecule has 1 aliphatic heterocycles. The number of Topliss-reactive ketones (excluding diaryl/α,β-unsaturated/α-hetero) is 1. The molecule has 0 bridgehead atoms. The van der Waals surface area contributed by atoms with Crippen molar-refractivity contribution in [2.24, 2.45) is 0 Å². The highest BCUT2D eigenvalue weighted by molar-refractivity contribution is 6.05. The van der Waals surface area contributed by atoms with E-state index in [1.165, 1.54) is 26.4 Å². The molecule has 0 amide bonds. The van der Waals surface area contributed by atoms with E-state index in [0.717, 1.165) is 0 Å². The molecule has 134 valence electrons. The van der Waals surface area contributed by atoms with Crippen LogP contribution in [0.25, 0.3) is 0 Å². The SMILES string of the molecule is CC.COc1ccc(C2Oc3cccc(O)c3C(=O)C2OC)cc1O.